The summed E-state index contributed by atoms with van der Waals surface area (Å²) in [7, 11) is 0. The zero-order valence-corrected chi connectivity index (χ0v) is 15.4. The first kappa shape index (κ1) is 18.4. The molecule has 0 aliphatic carbocycles. The van der Waals surface area contributed by atoms with Crippen molar-refractivity contribution in [3.05, 3.63) is 60.2 Å². The summed E-state index contributed by atoms with van der Waals surface area (Å²) in [6.45, 7) is 5.01. The summed E-state index contributed by atoms with van der Waals surface area (Å²) in [5.41, 5.74) is 1.39. The number of amides is 2. The highest BCUT2D eigenvalue weighted by Crippen LogP contribution is 2.18. The predicted octanol–water partition coefficient (Wildman–Crippen LogP) is 3.13. The molecule has 0 bridgehead atoms. The van der Waals surface area contributed by atoms with E-state index >= 15 is 0 Å². The normalized spacial score (nSPS) is 10.6. The smallest absolute Gasteiger partial charge is 0.287 e. The van der Waals surface area contributed by atoms with Gasteiger partial charge in [0.2, 0.25) is 5.82 Å². The Morgan fingerprint density at radius 3 is 2.56 bits per heavy atom. The van der Waals surface area contributed by atoms with E-state index in [9.17, 15) is 9.59 Å². The standard InChI is InChI=1S/C20H22N4O3/c1-3-12-21-20(26)18-23-17(16-7-5-6-13-24(16)18)19(25)22-14-8-10-15(11-9-14)27-4-2/h5-11,13H,3-4,12H2,1-2H3,(H,21,26)(H,22,25). The van der Waals surface area contributed by atoms with Crippen molar-refractivity contribution in [2.24, 2.45) is 0 Å². The average molecular weight is 366 g/mol. The highest BCUT2D eigenvalue weighted by atomic mass is 16.5. The van der Waals surface area contributed by atoms with Gasteiger partial charge >= 0.3 is 0 Å². The lowest BCUT2D eigenvalue weighted by atomic mass is 10.2. The topological polar surface area (TPSA) is 84.7 Å². The molecule has 0 radical (unpaired) electrons. The Labute approximate surface area is 157 Å². The van der Waals surface area contributed by atoms with Gasteiger partial charge in [-0.1, -0.05) is 13.0 Å². The largest absolute Gasteiger partial charge is 0.494 e. The lowest BCUT2D eigenvalue weighted by molar-refractivity contribution is 0.0942. The molecule has 2 amide bonds. The summed E-state index contributed by atoms with van der Waals surface area (Å²) >= 11 is 0. The van der Waals surface area contributed by atoms with E-state index in [-0.39, 0.29) is 23.3 Å². The van der Waals surface area contributed by atoms with Crippen LogP contribution in [-0.2, 0) is 0 Å². The Kier molecular flexibility index (Phi) is 5.71. The van der Waals surface area contributed by atoms with Crippen LogP contribution in [0.1, 0.15) is 41.4 Å². The maximum atomic E-state index is 12.7. The Bertz CT molecular complexity index is 948. The van der Waals surface area contributed by atoms with Crippen LogP contribution in [0.25, 0.3) is 5.52 Å². The molecule has 0 aliphatic rings. The van der Waals surface area contributed by atoms with E-state index in [0.29, 0.717) is 24.4 Å². The summed E-state index contributed by atoms with van der Waals surface area (Å²) in [6.07, 6.45) is 2.54. The molecule has 2 heterocycles. The number of anilines is 1. The van der Waals surface area contributed by atoms with Gasteiger partial charge in [-0.3, -0.25) is 14.0 Å². The Balaban J connectivity index is 1.87. The third-order valence-electron chi connectivity index (χ3n) is 3.93. The van der Waals surface area contributed by atoms with Crippen LogP contribution in [0.4, 0.5) is 5.69 Å². The molecule has 7 nitrogen and oxygen atoms in total. The lowest BCUT2D eigenvalue weighted by Crippen LogP contribution is -2.26. The maximum Gasteiger partial charge on any atom is 0.287 e. The van der Waals surface area contributed by atoms with Crippen molar-refractivity contribution >= 4 is 23.0 Å². The number of nitrogens with one attached hydrogen (secondary N) is 2. The number of aromatic nitrogens is 2. The van der Waals surface area contributed by atoms with Gasteiger partial charge in [0, 0.05) is 18.4 Å². The molecular formula is C20H22N4O3. The highest BCUT2D eigenvalue weighted by molar-refractivity contribution is 6.08. The minimum Gasteiger partial charge on any atom is -0.494 e. The van der Waals surface area contributed by atoms with E-state index in [1.807, 2.05) is 13.8 Å². The highest BCUT2D eigenvalue weighted by Gasteiger charge is 2.21. The van der Waals surface area contributed by atoms with Gasteiger partial charge in [0.05, 0.1) is 12.1 Å². The number of carbonyl (C=O) groups excluding carboxylic acids is 2. The fourth-order valence-corrected chi connectivity index (χ4v) is 2.67. The molecule has 140 valence electrons. The Hall–Kier alpha value is -3.35. The van der Waals surface area contributed by atoms with Gasteiger partial charge in [-0.2, -0.15) is 0 Å². The number of nitrogens with zero attached hydrogens (tertiary/aromatic N) is 2. The first-order chi connectivity index (χ1) is 13.1. The van der Waals surface area contributed by atoms with Crippen LogP contribution in [0.5, 0.6) is 5.75 Å². The zero-order valence-electron chi connectivity index (χ0n) is 15.4. The van der Waals surface area contributed by atoms with Gasteiger partial charge < -0.3 is 15.4 Å². The second kappa shape index (κ2) is 8.35. The first-order valence-corrected chi connectivity index (χ1v) is 8.93. The number of benzene rings is 1. The van der Waals surface area contributed by atoms with Gasteiger partial charge in [0.1, 0.15) is 5.75 Å². The Morgan fingerprint density at radius 1 is 1.07 bits per heavy atom. The van der Waals surface area contributed by atoms with Gasteiger partial charge in [-0.25, -0.2) is 4.98 Å². The number of imidazole rings is 1. The third kappa shape index (κ3) is 4.08. The molecule has 2 N–H and O–H groups in total. The quantitative estimate of drug-likeness (QED) is 0.673. The molecule has 2 aromatic heterocycles. The number of pyridine rings is 1. The molecule has 7 heteroatoms. The Morgan fingerprint density at radius 2 is 1.85 bits per heavy atom. The zero-order chi connectivity index (χ0) is 19.2. The molecule has 3 aromatic rings. The molecule has 3 rings (SSSR count). The van der Waals surface area contributed by atoms with Crippen LogP contribution < -0.4 is 15.4 Å². The van der Waals surface area contributed by atoms with E-state index in [2.05, 4.69) is 15.6 Å². The molecule has 0 aliphatic heterocycles. The van der Waals surface area contributed by atoms with Gasteiger partial charge in [0.15, 0.2) is 5.69 Å². The third-order valence-corrected chi connectivity index (χ3v) is 3.93. The fraction of sp³-hybridized carbons (Fsp3) is 0.250. The summed E-state index contributed by atoms with van der Waals surface area (Å²) < 4.78 is 7.02. The lowest BCUT2D eigenvalue weighted by Gasteiger charge is -2.06. The minimum absolute atomic E-state index is 0.191. The number of fused-ring (bicyclic) bond motifs is 1. The second-order valence-corrected chi connectivity index (χ2v) is 5.91. The molecular weight excluding hydrogens is 344 g/mol. The molecule has 0 spiro atoms. The average Bonchev–Trinajstić information content (AvgIpc) is 3.08. The number of carbonyl (C=O) groups is 2. The van der Waals surface area contributed by atoms with Crippen LogP contribution in [0, 0.1) is 0 Å². The van der Waals surface area contributed by atoms with E-state index < -0.39 is 0 Å². The number of hydrogen-bond acceptors (Lipinski definition) is 4. The van der Waals surface area contributed by atoms with Crippen LogP contribution in [0.15, 0.2) is 48.7 Å². The minimum atomic E-state index is -0.377. The summed E-state index contributed by atoms with van der Waals surface area (Å²) in [6, 6.07) is 12.4. The van der Waals surface area contributed by atoms with Crippen molar-refractivity contribution in [2.45, 2.75) is 20.3 Å². The molecule has 0 saturated carbocycles. The molecule has 0 atom stereocenters. The van der Waals surface area contributed by atoms with E-state index in [1.165, 1.54) is 0 Å². The molecule has 0 unspecified atom stereocenters. The van der Waals surface area contributed by atoms with Crippen LogP contribution >= 0.6 is 0 Å². The van der Waals surface area contributed by atoms with E-state index in [4.69, 9.17) is 4.74 Å². The van der Waals surface area contributed by atoms with Crippen molar-refractivity contribution < 1.29 is 14.3 Å². The maximum absolute atomic E-state index is 12.7. The van der Waals surface area contributed by atoms with Crippen LogP contribution in [-0.4, -0.2) is 34.4 Å². The summed E-state index contributed by atoms with van der Waals surface area (Å²) in [5, 5.41) is 5.61. The number of hydrogen-bond donors (Lipinski definition) is 2. The van der Waals surface area contributed by atoms with Crippen molar-refractivity contribution in [2.75, 3.05) is 18.5 Å². The first-order valence-electron chi connectivity index (χ1n) is 8.93. The van der Waals surface area contributed by atoms with Crippen molar-refractivity contribution in [1.29, 1.82) is 0 Å². The summed E-state index contributed by atoms with van der Waals surface area (Å²) in [5.74, 6) is 0.240. The van der Waals surface area contributed by atoms with Crippen LogP contribution in [0.3, 0.4) is 0 Å². The predicted molar refractivity (Wildman–Crippen MR) is 103 cm³/mol. The van der Waals surface area contributed by atoms with Crippen molar-refractivity contribution in [3.63, 3.8) is 0 Å². The second-order valence-electron chi connectivity index (χ2n) is 5.91. The molecule has 27 heavy (non-hydrogen) atoms. The van der Waals surface area contributed by atoms with E-state index in [1.54, 1.807) is 53.1 Å². The number of ether oxygens (including phenoxy) is 1. The van der Waals surface area contributed by atoms with Crippen molar-refractivity contribution in [3.8, 4) is 5.75 Å². The van der Waals surface area contributed by atoms with Crippen molar-refractivity contribution in [1.82, 2.24) is 14.7 Å². The number of rotatable bonds is 7. The monoisotopic (exact) mass is 366 g/mol. The van der Waals surface area contributed by atoms with Gasteiger partial charge in [-0.15, -0.1) is 0 Å². The van der Waals surface area contributed by atoms with E-state index in [0.717, 1.165) is 12.2 Å². The van der Waals surface area contributed by atoms with Gasteiger partial charge in [0.25, 0.3) is 11.8 Å². The van der Waals surface area contributed by atoms with Crippen LogP contribution in [0.2, 0.25) is 0 Å². The molecule has 0 fully saturated rings. The SMILES string of the molecule is CCCNC(=O)c1nc(C(=O)Nc2ccc(OCC)cc2)c2ccccn12. The summed E-state index contributed by atoms with van der Waals surface area (Å²) in [4.78, 5) is 29.4. The molecule has 1 aromatic carbocycles. The molecule has 0 saturated heterocycles. The fourth-order valence-electron chi connectivity index (χ4n) is 2.67. The van der Waals surface area contributed by atoms with Gasteiger partial charge in [-0.05, 0) is 49.7 Å².